The highest BCUT2D eigenvalue weighted by Gasteiger charge is 2.31. The number of carbonyl (C=O) groups excluding carboxylic acids is 1. The van der Waals surface area contributed by atoms with Crippen molar-refractivity contribution in [1.82, 2.24) is 5.32 Å². The predicted molar refractivity (Wildman–Crippen MR) is 65.0 cm³/mol. The molecule has 0 saturated carbocycles. The molecule has 7 heteroatoms. The van der Waals surface area contributed by atoms with E-state index in [1.807, 2.05) is 0 Å². The lowest BCUT2D eigenvalue weighted by Gasteiger charge is -2.14. The molecule has 1 aromatic carbocycles. The van der Waals surface area contributed by atoms with Crippen LogP contribution in [0.15, 0.2) is 24.3 Å². The quantitative estimate of drug-likeness (QED) is 0.865. The van der Waals surface area contributed by atoms with Gasteiger partial charge in [0.2, 0.25) is 5.91 Å². The van der Waals surface area contributed by atoms with E-state index >= 15 is 0 Å². The fourth-order valence-corrected chi connectivity index (χ4v) is 1.56. The van der Waals surface area contributed by atoms with Gasteiger partial charge in [0.1, 0.15) is 11.1 Å². The molecular weight excluding hydrogens is 283 g/mol. The summed E-state index contributed by atoms with van der Waals surface area (Å²) >= 11 is 5.91. The molecule has 3 nitrogen and oxygen atoms in total. The third kappa shape index (κ3) is 5.38. The lowest BCUT2D eigenvalue weighted by atomic mass is 10.1. The largest absolute Gasteiger partial charge is 0.573 e. The maximum Gasteiger partial charge on any atom is 0.573 e. The summed E-state index contributed by atoms with van der Waals surface area (Å²) in [7, 11) is 0. The molecule has 0 saturated heterocycles. The Labute approximate surface area is 113 Å². The first-order valence-corrected chi connectivity index (χ1v) is 5.93. The maximum absolute atomic E-state index is 12.0. The zero-order valence-electron chi connectivity index (χ0n) is 10.3. The van der Waals surface area contributed by atoms with Gasteiger partial charge in [-0.15, -0.1) is 24.8 Å². The number of alkyl halides is 4. The van der Waals surface area contributed by atoms with Crippen molar-refractivity contribution in [2.45, 2.75) is 31.6 Å². The lowest BCUT2D eigenvalue weighted by molar-refractivity contribution is -0.274. The third-order valence-corrected chi connectivity index (χ3v) is 2.52. The average Bonchev–Trinajstić information content (AvgIpc) is 2.26. The van der Waals surface area contributed by atoms with Crippen molar-refractivity contribution >= 4 is 17.5 Å². The van der Waals surface area contributed by atoms with Gasteiger partial charge in [0.25, 0.3) is 0 Å². The van der Waals surface area contributed by atoms with E-state index in [4.69, 9.17) is 11.6 Å². The van der Waals surface area contributed by atoms with Crippen LogP contribution in [0.4, 0.5) is 13.2 Å². The van der Waals surface area contributed by atoms with Gasteiger partial charge in [-0.3, -0.25) is 4.79 Å². The Balaban J connectivity index is 2.73. The minimum absolute atomic E-state index is 0.0680. The van der Waals surface area contributed by atoms with Gasteiger partial charge in [-0.05, 0) is 31.5 Å². The molecule has 0 radical (unpaired) electrons. The molecule has 0 aromatic heterocycles. The van der Waals surface area contributed by atoms with Crippen LogP contribution in [0.1, 0.15) is 24.8 Å². The summed E-state index contributed by atoms with van der Waals surface area (Å²) in [5.41, 5.74) is 0.398. The van der Waals surface area contributed by atoms with Crippen molar-refractivity contribution in [3.05, 3.63) is 29.8 Å². The Morgan fingerprint density at radius 1 is 1.26 bits per heavy atom. The number of hydrogen-bond donors (Lipinski definition) is 1. The minimum atomic E-state index is -4.74. The maximum atomic E-state index is 12.0. The van der Waals surface area contributed by atoms with Gasteiger partial charge in [0.05, 0.1) is 0 Å². The van der Waals surface area contributed by atoms with Crippen LogP contribution in [0.3, 0.4) is 0 Å². The zero-order chi connectivity index (χ0) is 14.6. The first-order chi connectivity index (χ1) is 8.69. The highest BCUT2D eigenvalue weighted by molar-refractivity contribution is 6.30. The SMILES string of the molecule is CC(C)NC(=O)C(Cl)c1ccc(OC(F)(F)F)cc1. The van der Waals surface area contributed by atoms with E-state index in [2.05, 4.69) is 10.1 Å². The van der Waals surface area contributed by atoms with Crippen LogP contribution in [-0.4, -0.2) is 18.3 Å². The highest BCUT2D eigenvalue weighted by Crippen LogP contribution is 2.26. The molecular formula is C12H13ClF3NO2. The van der Waals surface area contributed by atoms with Crippen molar-refractivity contribution in [2.24, 2.45) is 0 Å². The normalized spacial score (nSPS) is 13.2. The number of benzene rings is 1. The molecule has 1 N–H and O–H groups in total. The molecule has 1 rings (SSSR count). The molecule has 0 heterocycles. The number of amides is 1. The van der Waals surface area contributed by atoms with E-state index in [1.165, 1.54) is 12.1 Å². The van der Waals surface area contributed by atoms with Crippen molar-refractivity contribution in [2.75, 3.05) is 0 Å². The first kappa shape index (κ1) is 15.6. The topological polar surface area (TPSA) is 38.3 Å². The van der Waals surface area contributed by atoms with Crippen molar-refractivity contribution < 1.29 is 22.7 Å². The Morgan fingerprint density at radius 2 is 1.79 bits per heavy atom. The van der Waals surface area contributed by atoms with Gasteiger partial charge in [-0.25, -0.2) is 0 Å². The summed E-state index contributed by atoms with van der Waals surface area (Å²) in [5, 5.41) is 1.66. The molecule has 0 aliphatic heterocycles. The monoisotopic (exact) mass is 295 g/mol. The summed E-state index contributed by atoms with van der Waals surface area (Å²) in [5.74, 6) is -0.759. The molecule has 0 spiro atoms. The molecule has 1 aromatic rings. The number of rotatable bonds is 4. The van der Waals surface area contributed by atoms with E-state index in [1.54, 1.807) is 13.8 Å². The van der Waals surface area contributed by atoms with Gasteiger partial charge >= 0.3 is 6.36 Å². The van der Waals surface area contributed by atoms with Gasteiger partial charge in [-0.1, -0.05) is 12.1 Å². The van der Waals surface area contributed by atoms with Crippen molar-refractivity contribution in [3.8, 4) is 5.75 Å². The van der Waals surface area contributed by atoms with Gasteiger partial charge in [0.15, 0.2) is 0 Å². The predicted octanol–water partition coefficient (Wildman–Crippen LogP) is 3.39. The van der Waals surface area contributed by atoms with Crippen molar-refractivity contribution in [1.29, 1.82) is 0 Å². The molecule has 1 unspecified atom stereocenters. The van der Waals surface area contributed by atoms with E-state index in [-0.39, 0.29) is 11.8 Å². The summed E-state index contributed by atoms with van der Waals surface area (Å²) in [4.78, 5) is 11.6. The Hall–Kier alpha value is -1.43. The molecule has 1 amide bonds. The number of carbonyl (C=O) groups is 1. The summed E-state index contributed by atoms with van der Waals surface area (Å²) < 4.78 is 39.6. The van der Waals surface area contributed by atoms with Crippen LogP contribution in [0.5, 0.6) is 5.75 Å². The Morgan fingerprint density at radius 3 is 2.21 bits per heavy atom. The van der Waals surface area contributed by atoms with E-state index in [0.29, 0.717) is 5.56 Å². The third-order valence-electron chi connectivity index (χ3n) is 2.07. The Bertz CT molecular complexity index is 432. The standard InChI is InChI=1S/C12H13ClF3NO2/c1-7(2)17-11(18)10(13)8-3-5-9(6-4-8)19-12(14,15)16/h3-7,10H,1-2H3,(H,17,18). The molecule has 0 fully saturated rings. The second kappa shape index (κ2) is 6.14. The van der Waals surface area contributed by atoms with E-state index < -0.39 is 17.6 Å². The molecule has 106 valence electrons. The number of hydrogen-bond acceptors (Lipinski definition) is 2. The minimum Gasteiger partial charge on any atom is -0.406 e. The zero-order valence-corrected chi connectivity index (χ0v) is 11.0. The van der Waals surface area contributed by atoms with Crippen molar-refractivity contribution in [3.63, 3.8) is 0 Å². The molecule has 1 atom stereocenters. The van der Waals surface area contributed by atoms with Crippen LogP contribution in [0, 0.1) is 0 Å². The van der Waals surface area contributed by atoms with Gasteiger partial charge in [-0.2, -0.15) is 0 Å². The van der Waals surface area contributed by atoms with Gasteiger partial charge < -0.3 is 10.1 Å². The summed E-state index contributed by atoms with van der Waals surface area (Å²) in [6.07, 6.45) is -4.74. The highest BCUT2D eigenvalue weighted by atomic mass is 35.5. The number of halogens is 4. The smallest absolute Gasteiger partial charge is 0.406 e. The fourth-order valence-electron chi connectivity index (χ4n) is 1.35. The second-order valence-electron chi connectivity index (χ2n) is 4.14. The molecule has 0 aliphatic rings. The fraction of sp³-hybridized carbons (Fsp3) is 0.417. The van der Waals surface area contributed by atoms with Crippen LogP contribution in [0.2, 0.25) is 0 Å². The van der Waals surface area contributed by atoms with Crippen LogP contribution in [-0.2, 0) is 4.79 Å². The molecule has 0 bridgehead atoms. The van der Waals surface area contributed by atoms with Gasteiger partial charge in [0, 0.05) is 6.04 Å². The lowest BCUT2D eigenvalue weighted by Crippen LogP contribution is -2.32. The Kier molecular flexibility index (Phi) is 5.05. The summed E-state index contributed by atoms with van der Waals surface area (Å²) in [6.45, 7) is 3.56. The van der Waals surface area contributed by atoms with Crippen LogP contribution in [0.25, 0.3) is 0 Å². The molecule has 19 heavy (non-hydrogen) atoms. The van der Waals surface area contributed by atoms with E-state index in [0.717, 1.165) is 12.1 Å². The van der Waals surface area contributed by atoms with E-state index in [9.17, 15) is 18.0 Å². The second-order valence-corrected chi connectivity index (χ2v) is 4.58. The average molecular weight is 296 g/mol. The van der Waals surface area contributed by atoms with Crippen LogP contribution < -0.4 is 10.1 Å². The molecule has 0 aliphatic carbocycles. The number of ether oxygens (including phenoxy) is 1. The summed E-state index contributed by atoms with van der Waals surface area (Å²) in [6, 6.07) is 4.79. The number of nitrogens with one attached hydrogen (secondary N) is 1. The first-order valence-electron chi connectivity index (χ1n) is 5.49. The van der Waals surface area contributed by atoms with Crippen LogP contribution >= 0.6 is 11.6 Å².